The third-order valence-corrected chi connectivity index (χ3v) is 3.72. The fraction of sp³-hybridized carbons (Fsp3) is 0.600. The molecular formula is C15H24ClFN2. The van der Waals surface area contributed by atoms with Gasteiger partial charge in [-0.25, -0.2) is 4.39 Å². The van der Waals surface area contributed by atoms with Gasteiger partial charge in [0.25, 0.3) is 0 Å². The largest absolute Gasteiger partial charge is 0.317 e. The number of benzene rings is 1. The SMILES string of the molecule is CN(CCc1ccc(F)cc1)CC1CCNCC1.Cl. The molecule has 2 rings (SSSR count). The number of nitrogens with zero attached hydrogens (tertiary/aromatic N) is 1. The molecule has 0 saturated carbocycles. The van der Waals surface area contributed by atoms with E-state index in [1.807, 2.05) is 12.1 Å². The second-order valence-corrected chi connectivity index (χ2v) is 5.33. The van der Waals surface area contributed by atoms with Crippen LogP contribution in [0.1, 0.15) is 18.4 Å². The molecular weight excluding hydrogens is 263 g/mol. The van der Waals surface area contributed by atoms with Crippen LogP contribution in [-0.4, -0.2) is 38.1 Å². The van der Waals surface area contributed by atoms with Crippen molar-refractivity contribution < 1.29 is 4.39 Å². The zero-order valence-corrected chi connectivity index (χ0v) is 12.4. The van der Waals surface area contributed by atoms with Crippen molar-refractivity contribution in [2.45, 2.75) is 19.3 Å². The Kier molecular flexibility index (Phi) is 7.36. The lowest BCUT2D eigenvalue weighted by Crippen LogP contribution is -2.35. The molecule has 0 spiro atoms. The highest BCUT2D eigenvalue weighted by Crippen LogP contribution is 2.13. The first-order chi connectivity index (χ1) is 8.74. The van der Waals surface area contributed by atoms with Crippen LogP contribution in [0, 0.1) is 11.7 Å². The minimum absolute atomic E-state index is 0. The molecule has 2 nitrogen and oxygen atoms in total. The number of hydrogen-bond acceptors (Lipinski definition) is 2. The van der Waals surface area contributed by atoms with Crippen molar-refractivity contribution >= 4 is 12.4 Å². The number of likely N-dealkylation sites (N-methyl/N-ethyl adjacent to an activating group) is 1. The van der Waals surface area contributed by atoms with E-state index >= 15 is 0 Å². The molecule has 0 unspecified atom stereocenters. The van der Waals surface area contributed by atoms with Crippen LogP contribution >= 0.6 is 12.4 Å². The fourth-order valence-electron chi connectivity index (χ4n) is 2.57. The molecule has 1 aromatic rings. The molecule has 1 N–H and O–H groups in total. The predicted octanol–water partition coefficient (Wildman–Crippen LogP) is 2.72. The monoisotopic (exact) mass is 286 g/mol. The molecule has 19 heavy (non-hydrogen) atoms. The van der Waals surface area contributed by atoms with Crippen molar-refractivity contribution in [3.8, 4) is 0 Å². The molecule has 1 fully saturated rings. The average Bonchev–Trinajstić information content (AvgIpc) is 2.39. The fourth-order valence-corrected chi connectivity index (χ4v) is 2.57. The van der Waals surface area contributed by atoms with Gasteiger partial charge in [-0.2, -0.15) is 0 Å². The van der Waals surface area contributed by atoms with Crippen molar-refractivity contribution in [2.24, 2.45) is 5.92 Å². The lowest BCUT2D eigenvalue weighted by atomic mass is 9.97. The topological polar surface area (TPSA) is 15.3 Å². The number of halogens is 2. The summed E-state index contributed by atoms with van der Waals surface area (Å²) in [4.78, 5) is 2.40. The van der Waals surface area contributed by atoms with Crippen molar-refractivity contribution in [3.05, 3.63) is 35.6 Å². The minimum Gasteiger partial charge on any atom is -0.317 e. The first kappa shape index (κ1) is 16.4. The van der Waals surface area contributed by atoms with Gasteiger partial charge in [-0.1, -0.05) is 12.1 Å². The Hall–Kier alpha value is -0.640. The summed E-state index contributed by atoms with van der Waals surface area (Å²) in [6.45, 7) is 4.56. The Morgan fingerprint density at radius 1 is 1.21 bits per heavy atom. The Bertz CT molecular complexity index is 350. The Balaban J connectivity index is 0.00000180. The molecule has 0 bridgehead atoms. The van der Waals surface area contributed by atoms with Gasteiger partial charge >= 0.3 is 0 Å². The average molecular weight is 287 g/mol. The van der Waals surface area contributed by atoms with Gasteiger partial charge in [-0.05, 0) is 63.0 Å². The van der Waals surface area contributed by atoms with Crippen LogP contribution in [0.4, 0.5) is 4.39 Å². The molecule has 1 aromatic carbocycles. The van der Waals surface area contributed by atoms with E-state index in [0.717, 1.165) is 32.0 Å². The van der Waals surface area contributed by atoms with Crippen LogP contribution in [0.5, 0.6) is 0 Å². The highest BCUT2D eigenvalue weighted by Gasteiger charge is 2.14. The molecule has 1 aliphatic rings. The standard InChI is InChI=1S/C15H23FN2.ClH/c1-18(12-14-6-9-17-10-7-14)11-8-13-2-4-15(16)5-3-13;/h2-5,14,17H,6-12H2,1H3;1H. The zero-order chi connectivity index (χ0) is 12.8. The van der Waals surface area contributed by atoms with Crippen LogP contribution in [0.2, 0.25) is 0 Å². The third-order valence-electron chi connectivity index (χ3n) is 3.72. The maximum atomic E-state index is 12.8. The smallest absolute Gasteiger partial charge is 0.123 e. The number of hydrogen-bond donors (Lipinski definition) is 1. The van der Waals surface area contributed by atoms with E-state index in [9.17, 15) is 4.39 Å². The van der Waals surface area contributed by atoms with E-state index in [1.54, 1.807) is 12.1 Å². The quantitative estimate of drug-likeness (QED) is 0.895. The summed E-state index contributed by atoms with van der Waals surface area (Å²) in [7, 11) is 2.19. The Morgan fingerprint density at radius 2 is 1.84 bits per heavy atom. The molecule has 0 atom stereocenters. The van der Waals surface area contributed by atoms with Crippen LogP contribution < -0.4 is 5.32 Å². The summed E-state index contributed by atoms with van der Waals surface area (Å²) in [6.07, 6.45) is 3.59. The first-order valence-electron chi connectivity index (χ1n) is 6.88. The minimum atomic E-state index is -0.151. The molecule has 1 aliphatic heterocycles. The highest BCUT2D eigenvalue weighted by atomic mass is 35.5. The molecule has 108 valence electrons. The predicted molar refractivity (Wildman–Crippen MR) is 80.4 cm³/mol. The van der Waals surface area contributed by atoms with E-state index < -0.39 is 0 Å². The van der Waals surface area contributed by atoms with Gasteiger partial charge in [0.15, 0.2) is 0 Å². The summed E-state index contributed by atoms with van der Waals surface area (Å²) >= 11 is 0. The first-order valence-corrected chi connectivity index (χ1v) is 6.88. The molecule has 0 aliphatic carbocycles. The Morgan fingerprint density at radius 3 is 2.47 bits per heavy atom. The summed E-state index contributed by atoms with van der Waals surface area (Å²) in [5.74, 6) is 0.686. The van der Waals surface area contributed by atoms with Gasteiger partial charge in [0.05, 0.1) is 0 Å². The van der Waals surface area contributed by atoms with Crippen molar-refractivity contribution in [2.75, 3.05) is 33.2 Å². The molecule has 0 aromatic heterocycles. The molecule has 0 radical (unpaired) electrons. The van der Waals surface area contributed by atoms with Crippen LogP contribution in [-0.2, 0) is 6.42 Å². The lowest BCUT2D eigenvalue weighted by molar-refractivity contribution is 0.242. The van der Waals surface area contributed by atoms with Gasteiger partial charge in [-0.15, -0.1) is 12.4 Å². The lowest BCUT2D eigenvalue weighted by Gasteiger charge is -2.27. The van der Waals surface area contributed by atoms with E-state index in [-0.39, 0.29) is 18.2 Å². The molecule has 4 heteroatoms. The van der Waals surface area contributed by atoms with E-state index in [4.69, 9.17) is 0 Å². The molecule has 1 saturated heterocycles. The van der Waals surface area contributed by atoms with Crippen LogP contribution in [0.3, 0.4) is 0 Å². The van der Waals surface area contributed by atoms with Gasteiger partial charge in [0.2, 0.25) is 0 Å². The Labute approximate surface area is 121 Å². The summed E-state index contributed by atoms with van der Waals surface area (Å²) in [5.41, 5.74) is 1.22. The van der Waals surface area contributed by atoms with Crippen molar-refractivity contribution in [1.29, 1.82) is 0 Å². The molecule has 0 amide bonds. The molecule has 1 heterocycles. The van der Waals surface area contributed by atoms with Crippen LogP contribution in [0.15, 0.2) is 24.3 Å². The maximum Gasteiger partial charge on any atom is 0.123 e. The van der Waals surface area contributed by atoms with Gasteiger partial charge in [0, 0.05) is 13.1 Å². The zero-order valence-electron chi connectivity index (χ0n) is 11.6. The van der Waals surface area contributed by atoms with E-state index in [0.29, 0.717) is 0 Å². The van der Waals surface area contributed by atoms with Gasteiger partial charge < -0.3 is 10.2 Å². The van der Waals surface area contributed by atoms with Gasteiger partial charge in [0.1, 0.15) is 5.82 Å². The van der Waals surface area contributed by atoms with Crippen molar-refractivity contribution in [3.63, 3.8) is 0 Å². The summed E-state index contributed by atoms with van der Waals surface area (Å²) in [5, 5.41) is 3.40. The number of piperidine rings is 1. The number of nitrogens with one attached hydrogen (secondary N) is 1. The van der Waals surface area contributed by atoms with Crippen LogP contribution in [0.25, 0.3) is 0 Å². The highest BCUT2D eigenvalue weighted by molar-refractivity contribution is 5.85. The van der Waals surface area contributed by atoms with Gasteiger partial charge in [-0.3, -0.25) is 0 Å². The second kappa shape index (κ2) is 8.51. The summed E-state index contributed by atoms with van der Waals surface area (Å²) in [6, 6.07) is 6.85. The van der Waals surface area contributed by atoms with Crippen molar-refractivity contribution in [1.82, 2.24) is 10.2 Å². The second-order valence-electron chi connectivity index (χ2n) is 5.33. The maximum absolute atomic E-state index is 12.8. The third kappa shape index (κ3) is 5.89. The van der Waals surface area contributed by atoms with E-state index in [1.165, 1.54) is 24.9 Å². The normalized spacial score (nSPS) is 16.4. The van der Waals surface area contributed by atoms with E-state index in [2.05, 4.69) is 17.3 Å². The number of rotatable bonds is 5. The summed E-state index contributed by atoms with van der Waals surface area (Å²) < 4.78 is 12.8.